The summed E-state index contributed by atoms with van der Waals surface area (Å²) in [5.74, 6) is 0.598. The highest BCUT2D eigenvalue weighted by molar-refractivity contribution is 6.36. The van der Waals surface area contributed by atoms with Gasteiger partial charge in [-0.25, -0.2) is 0 Å². The first-order chi connectivity index (χ1) is 5.83. The third kappa shape index (κ3) is 0.940. The zero-order valence-corrected chi connectivity index (χ0v) is 7.13. The Morgan fingerprint density at radius 1 is 1.50 bits per heavy atom. The van der Waals surface area contributed by atoms with Gasteiger partial charge in [-0.1, -0.05) is 16.8 Å². The molecule has 2 rings (SSSR count). The molecule has 4 heteroatoms. The van der Waals surface area contributed by atoms with E-state index in [0.29, 0.717) is 16.4 Å². The first-order valence-corrected chi connectivity index (χ1v) is 3.77. The van der Waals surface area contributed by atoms with Crippen molar-refractivity contribution in [1.82, 2.24) is 5.16 Å². The summed E-state index contributed by atoms with van der Waals surface area (Å²) < 4.78 is 9.93. The number of aromatic nitrogens is 1. The first-order valence-electron chi connectivity index (χ1n) is 3.40. The molecule has 0 N–H and O–H groups in total. The van der Waals surface area contributed by atoms with E-state index in [4.69, 9.17) is 20.9 Å². The standard InChI is InChI=1S/C8H6ClNO2/c1-11-6-3-2-5-4-10-12-8(5)7(6)9/h2-4H,1H3. The van der Waals surface area contributed by atoms with E-state index >= 15 is 0 Å². The lowest BCUT2D eigenvalue weighted by Gasteiger charge is -2.00. The van der Waals surface area contributed by atoms with Crippen molar-refractivity contribution in [3.63, 3.8) is 0 Å². The third-order valence-corrected chi connectivity index (χ3v) is 2.01. The number of hydrogen-bond acceptors (Lipinski definition) is 3. The molecule has 0 spiro atoms. The number of ether oxygens (including phenoxy) is 1. The van der Waals surface area contributed by atoms with Gasteiger partial charge in [0.25, 0.3) is 0 Å². The Kier molecular flexibility index (Phi) is 1.66. The molecule has 0 amide bonds. The average Bonchev–Trinajstić information content (AvgIpc) is 2.53. The van der Waals surface area contributed by atoms with Crippen LogP contribution in [-0.4, -0.2) is 12.3 Å². The monoisotopic (exact) mass is 183 g/mol. The summed E-state index contributed by atoms with van der Waals surface area (Å²) in [6, 6.07) is 3.62. The van der Waals surface area contributed by atoms with Gasteiger partial charge in [0.2, 0.25) is 0 Å². The molecule has 0 aliphatic heterocycles. The first kappa shape index (κ1) is 7.43. The van der Waals surface area contributed by atoms with Crippen LogP contribution in [0.5, 0.6) is 5.75 Å². The van der Waals surface area contributed by atoms with Crippen LogP contribution in [0.15, 0.2) is 22.9 Å². The fourth-order valence-electron chi connectivity index (χ4n) is 1.04. The molecule has 1 heterocycles. The van der Waals surface area contributed by atoms with Crippen LogP contribution < -0.4 is 4.74 Å². The minimum absolute atomic E-state index is 0.465. The van der Waals surface area contributed by atoms with Crippen LogP contribution >= 0.6 is 11.6 Å². The predicted molar refractivity (Wildman–Crippen MR) is 45.6 cm³/mol. The fourth-order valence-corrected chi connectivity index (χ4v) is 1.32. The van der Waals surface area contributed by atoms with E-state index in [2.05, 4.69) is 5.16 Å². The fraction of sp³-hybridized carbons (Fsp3) is 0.125. The van der Waals surface area contributed by atoms with Crippen molar-refractivity contribution >= 4 is 22.6 Å². The molecular formula is C8H6ClNO2. The Hall–Kier alpha value is -1.22. The Balaban J connectivity index is 2.78. The number of rotatable bonds is 1. The third-order valence-electron chi connectivity index (χ3n) is 1.65. The molecule has 0 saturated carbocycles. The van der Waals surface area contributed by atoms with E-state index in [1.807, 2.05) is 6.07 Å². The van der Waals surface area contributed by atoms with E-state index in [9.17, 15) is 0 Å². The van der Waals surface area contributed by atoms with Crippen LogP contribution in [0.4, 0.5) is 0 Å². The van der Waals surface area contributed by atoms with Crippen LogP contribution in [-0.2, 0) is 0 Å². The molecule has 0 aliphatic rings. The maximum atomic E-state index is 5.92. The minimum Gasteiger partial charge on any atom is -0.495 e. The van der Waals surface area contributed by atoms with Crippen LogP contribution in [0.3, 0.4) is 0 Å². The van der Waals surface area contributed by atoms with Gasteiger partial charge in [-0.3, -0.25) is 0 Å². The van der Waals surface area contributed by atoms with Gasteiger partial charge < -0.3 is 9.26 Å². The molecule has 3 nitrogen and oxygen atoms in total. The highest BCUT2D eigenvalue weighted by Gasteiger charge is 2.08. The van der Waals surface area contributed by atoms with E-state index < -0.39 is 0 Å². The molecule has 0 bridgehead atoms. The van der Waals surface area contributed by atoms with Crippen molar-refractivity contribution in [2.75, 3.05) is 7.11 Å². The number of benzene rings is 1. The maximum absolute atomic E-state index is 5.92. The quantitative estimate of drug-likeness (QED) is 0.682. The summed E-state index contributed by atoms with van der Waals surface area (Å²) in [4.78, 5) is 0. The van der Waals surface area contributed by atoms with Crippen molar-refractivity contribution in [3.05, 3.63) is 23.4 Å². The second-order valence-corrected chi connectivity index (χ2v) is 2.70. The molecular weight excluding hydrogens is 178 g/mol. The summed E-state index contributed by atoms with van der Waals surface area (Å²) in [7, 11) is 1.56. The molecule has 0 radical (unpaired) electrons. The van der Waals surface area contributed by atoms with Gasteiger partial charge in [0, 0.05) is 5.39 Å². The van der Waals surface area contributed by atoms with Gasteiger partial charge >= 0.3 is 0 Å². The lowest BCUT2D eigenvalue weighted by molar-refractivity contribution is 0.412. The van der Waals surface area contributed by atoms with Gasteiger partial charge in [-0.15, -0.1) is 0 Å². The van der Waals surface area contributed by atoms with Gasteiger partial charge in [-0.2, -0.15) is 0 Å². The summed E-state index contributed by atoms with van der Waals surface area (Å²) in [6.07, 6.45) is 1.61. The molecule has 0 atom stereocenters. The second kappa shape index (κ2) is 2.68. The predicted octanol–water partition coefficient (Wildman–Crippen LogP) is 2.49. The lowest BCUT2D eigenvalue weighted by atomic mass is 10.2. The van der Waals surface area contributed by atoms with Gasteiger partial charge in [-0.05, 0) is 12.1 Å². The number of hydrogen-bond donors (Lipinski definition) is 0. The highest BCUT2D eigenvalue weighted by Crippen LogP contribution is 2.31. The largest absolute Gasteiger partial charge is 0.495 e. The van der Waals surface area contributed by atoms with Crippen molar-refractivity contribution < 1.29 is 9.26 Å². The van der Waals surface area contributed by atoms with E-state index in [0.717, 1.165) is 5.39 Å². The Labute approximate surface area is 73.9 Å². The molecule has 0 fully saturated rings. The zero-order valence-electron chi connectivity index (χ0n) is 6.37. The molecule has 62 valence electrons. The number of methoxy groups -OCH3 is 1. The van der Waals surface area contributed by atoms with Crippen molar-refractivity contribution in [2.45, 2.75) is 0 Å². The molecule has 0 saturated heterocycles. The van der Waals surface area contributed by atoms with Crippen LogP contribution in [0, 0.1) is 0 Å². The van der Waals surface area contributed by atoms with E-state index in [1.54, 1.807) is 19.4 Å². The summed E-state index contributed by atoms with van der Waals surface area (Å²) in [5.41, 5.74) is 0.566. The Bertz CT molecular complexity index is 410. The van der Waals surface area contributed by atoms with Gasteiger partial charge in [0.1, 0.15) is 10.8 Å². The summed E-state index contributed by atoms with van der Waals surface area (Å²) in [5, 5.41) is 4.96. The molecule has 0 aliphatic carbocycles. The Morgan fingerprint density at radius 2 is 2.33 bits per heavy atom. The normalized spacial score (nSPS) is 10.5. The lowest BCUT2D eigenvalue weighted by Crippen LogP contribution is -1.82. The smallest absolute Gasteiger partial charge is 0.189 e. The number of fused-ring (bicyclic) bond motifs is 1. The van der Waals surface area contributed by atoms with Crippen molar-refractivity contribution in [2.24, 2.45) is 0 Å². The maximum Gasteiger partial charge on any atom is 0.189 e. The molecule has 2 aromatic rings. The SMILES string of the molecule is COc1ccc2cnoc2c1Cl. The highest BCUT2D eigenvalue weighted by atomic mass is 35.5. The van der Waals surface area contributed by atoms with Crippen LogP contribution in [0.2, 0.25) is 5.02 Å². The van der Waals surface area contributed by atoms with Gasteiger partial charge in [0.15, 0.2) is 5.58 Å². The summed E-state index contributed by atoms with van der Waals surface area (Å²) in [6.45, 7) is 0. The number of nitrogens with zero attached hydrogens (tertiary/aromatic N) is 1. The topological polar surface area (TPSA) is 35.3 Å². The molecule has 1 aromatic carbocycles. The Morgan fingerprint density at radius 3 is 3.08 bits per heavy atom. The van der Waals surface area contributed by atoms with E-state index in [-0.39, 0.29) is 0 Å². The van der Waals surface area contributed by atoms with Crippen LogP contribution in [0.1, 0.15) is 0 Å². The average molecular weight is 184 g/mol. The zero-order chi connectivity index (χ0) is 8.55. The second-order valence-electron chi connectivity index (χ2n) is 2.33. The molecule has 0 unspecified atom stereocenters. The number of halogens is 1. The van der Waals surface area contributed by atoms with E-state index in [1.165, 1.54) is 0 Å². The molecule has 1 aromatic heterocycles. The van der Waals surface area contributed by atoms with Gasteiger partial charge in [0.05, 0.1) is 13.3 Å². The van der Waals surface area contributed by atoms with Crippen LogP contribution in [0.25, 0.3) is 11.0 Å². The van der Waals surface area contributed by atoms with Crippen molar-refractivity contribution in [1.29, 1.82) is 0 Å². The minimum atomic E-state index is 0.465. The van der Waals surface area contributed by atoms with Crippen molar-refractivity contribution in [3.8, 4) is 5.75 Å². The molecule has 12 heavy (non-hydrogen) atoms. The summed E-state index contributed by atoms with van der Waals surface area (Å²) >= 11 is 5.92.